The second-order valence-electron chi connectivity index (χ2n) is 3.09. The summed E-state index contributed by atoms with van der Waals surface area (Å²) in [6.45, 7) is 0. The molecule has 88 valence electrons. The van der Waals surface area contributed by atoms with E-state index in [9.17, 15) is 15.0 Å². The van der Waals surface area contributed by atoms with Gasteiger partial charge < -0.3 is 25.8 Å². The number of benzene rings is 1. The van der Waals surface area contributed by atoms with Crippen LogP contribution in [0.3, 0.4) is 0 Å². The number of phenols is 2. The van der Waals surface area contributed by atoms with E-state index in [0.29, 0.717) is 0 Å². The monoisotopic (exact) mass is 228 g/mol. The summed E-state index contributed by atoms with van der Waals surface area (Å²) >= 11 is 0. The lowest BCUT2D eigenvalue weighted by Gasteiger charge is -2.17. The molecule has 2 unspecified atom stereocenters. The Morgan fingerprint density at radius 1 is 1.50 bits per heavy atom. The SMILES string of the molecule is [2H]C(O)(c1ccc(O)c(O)c1)C(N)C(=O)OC. The van der Waals surface area contributed by atoms with Crippen molar-refractivity contribution in [1.82, 2.24) is 0 Å². The molecule has 0 amide bonds. The highest BCUT2D eigenvalue weighted by atomic mass is 16.5. The molecule has 0 heterocycles. The van der Waals surface area contributed by atoms with Crippen molar-refractivity contribution in [2.75, 3.05) is 7.11 Å². The van der Waals surface area contributed by atoms with Crippen LogP contribution in [0.25, 0.3) is 0 Å². The molecule has 0 saturated carbocycles. The summed E-state index contributed by atoms with van der Waals surface area (Å²) in [6, 6.07) is 1.57. The number of aromatic hydroxyl groups is 2. The molecule has 0 aliphatic carbocycles. The van der Waals surface area contributed by atoms with Crippen LogP contribution in [-0.4, -0.2) is 34.4 Å². The van der Waals surface area contributed by atoms with Crippen molar-refractivity contribution in [2.45, 2.75) is 12.1 Å². The van der Waals surface area contributed by atoms with Crippen LogP contribution in [0.1, 0.15) is 13.0 Å². The molecule has 6 heteroatoms. The number of methoxy groups -OCH3 is 1. The van der Waals surface area contributed by atoms with Crippen LogP contribution in [0.2, 0.25) is 0 Å². The number of aliphatic hydroxyl groups is 1. The molecule has 0 saturated heterocycles. The molecule has 1 aromatic rings. The maximum absolute atomic E-state index is 11.1. The van der Waals surface area contributed by atoms with E-state index in [0.717, 1.165) is 19.2 Å². The molecule has 1 aromatic carbocycles. The molecule has 0 aliphatic heterocycles. The van der Waals surface area contributed by atoms with E-state index < -0.39 is 29.6 Å². The van der Waals surface area contributed by atoms with E-state index in [1.165, 1.54) is 6.07 Å². The Labute approximate surface area is 93.3 Å². The zero-order valence-electron chi connectivity index (χ0n) is 9.54. The second-order valence-corrected chi connectivity index (χ2v) is 3.09. The first-order valence-corrected chi connectivity index (χ1v) is 4.39. The van der Waals surface area contributed by atoms with Gasteiger partial charge >= 0.3 is 5.97 Å². The predicted octanol–water partition coefficient (Wildman–Crippen LogP) is -0.369. The number of nitrogens with two attached hydrogens (primary N) is 1. The average Bonchev–Trinajstić information content (AvgIpc) is 2.30. The largest absolute Gasteiger partial charge is 0.504 e. The fourth-order valence-electron chi connectivity index (χ4n) is 1.10. The highest BCUT2D eigenvalue weighted by Gasteiger charge is 2.25. The molecule has 0 aromatic heterocycles. The Kier molecular flexibility index (Phi) is 3.23. The lowest BCUT2D eigenvalue weighted by atomic mass is 10.0. The number of ether oxygens (including phenoxy) is 1. The lowest BCUT2D eigenvalue weighted by molar-refractivity contribution is -0.145. The van der Waals surface area contributed by atoms with E-state index in [1.807, 2.05) is 0 Å². The number of rotatable bonds is 3. The summed E-state index contributed by atoms with van der Waals surface area (Å²) < 4.78 is 11.9. The Morgan fingerprint density at radius 2 is 2.12 bits per heavy atom. The van der Waals surface area contributed by atoms with Gasteiger partial charge in [-0.25, -0.2) is 0 Å². The summed E-state index contributed by atoms with van der Waals surface area (Å²) in [6.07, 6.45) is -2.46. The fourth-order valence-corrected chi connectivity index (χ4v) is 1.10. The van der Waals surface area contributed by atoms with Crippen molar-refractivity contribution >= 4 is 5.97 Å². The summed E-state index contributed by atoms with van der Waals surface area (Å²) in [4.78, 5) is 11.1. The van der Waals surface area contributed by atoms with Crippen LogP contribution < -0.4 is 5.73 Å². The van der Waals surface area contributed by atoms with Gasteiger partial charge in [-0.05, 0) is 17.7 Å². The van der Waals surface area contributed by atoms with Gasteiger partial charge in [-0.15, -0.1) is 0 Å². The summed E-state index contributed by atoms with van der Waals surface area (Å²) in [5, 5.41) is 28.1. The van der Waals surface area contributed by atoms with Gasteiger partial charge in [-0.1, -0.05) is 6.07 Å². The quantitative estimate of drug-likeness (QED) is 0.415. The topological polar surface area (TPSA) is 113 Å². The number of phenolic OH excluding ortho intramolecular Hbond substituents is 2. The lowest BCUT2D eigenvalue weighted by Crippen LogP contribution is -2.37. The van der Waals surface area contributed by atoms with Gasteiger partial charge in [-0.3, -0.25) is 4.79 Å². The minimum Gasteiger partial charge on any atom is -0.504 e. The van der Waals surface area contributed by atoms with Crippen molar-refractivity contribution < 1.29 is 26.2 Å². The third-order valence-corrected chi connectivity index (χ3v) is 2.02. The van der Waals surface area contributed by atoms with Crippen LogP contribution in [0, 0.1) is 0 Å². The van der Waals surface area contributed by atoms with E-state index in [1.54, 1.807) is 0 Å². The molecule has 0 spiro atoms. The first-order valence-electron chi connectivity index (χ1n) is 4.89. The molecule has 2 atom stereocenters. The molecule has 6 nitrogen and oxygen atoms in total. The van der Waals surface area contributed by atoms with E-state index >= 15 is 0 Å². The van der Waals surface area contributed by atoms with E-state index in [-0.39, 0.29) is 5.56 Å². The molecule has 16 heavy (non-hydrogen) atoms. The highest BCUT2D eigenvalue weighted by molar-refractivity contribution is 5.76. The number of esters is 1. The summed E-state index contributed by atoms with van der Waals surface area (Å²) in [5.41, 5.74) is 5.24. The molecule has 0 bridgehead atoms. The van der Waals surface area contributed by atoms with Crippen LogP contribution in [0.4, 0.5) is 0 Å². The van der Waals surface area contributed by atoms with Gasteiger partial charge in [0.1, 0.15) is 12.1 Å². The molecule has 0 aliphatic rings. The summed E-state index contributed by atoms with van der Waals surface area (Å²) in [7, 11) is 1.08. The second kappa shape index (κ2) is 4.82. The Morgan fingerprint density at radius 3 is 2.62 bits per heavy atom. The normalized spacial score (nSPS) is 17.1. The third kappa shape index (κ3) is 2.41. The van der Waals surface area contributed by atoms with Crippen LogP contribution in [0.5, 0.6) is 11.5 Å². The molecular weight excluding hydrogens is 214 g/mol. The maximum atomic E-state index is 11.1. The third-order valence-electron chi connectivity index (χ3n) is 2.02. The minimum atomic E-state index is -2.46. The average molecular weight is 228 g/mol. The number of carbonyl (C=O) groups is 1. The van der Waals surface area contributed by atoms with Gasteiger partial charge in [0.05, 0.1) is 8.48 Å². The van der Waals surface area contributed by atoms with Gasteiger partial charge in [0.25, 0.3) is 0 Å². The Balaban J connectivity index is 3.11. The maximum Gasteiger partial charge on any atom is 0.325 e. The first kappa shape index (κ1) is 10.7. The van der Waals surface area contributed by atoms with Crippen molar-refractivity contribution in [3.63, 3.8) is 0 Å². The van der Waals surface area contributed by atoms with Crippen molar-refractivity contribution in [3.8, 4) is 11.5 Å². The molecule has 0 fully saturated rings. The zero-order valence-corrected chi connectivity index (χ0v) is 8.54. The van der Waals surface area contributed by atoms with Gasteiger partial charge in [0.15, 0.2) is 11.5 Å². The van der Waals surface area contributed by atoms with Gasteiger partial charge in [0.2, 0.25) is 0 Å². The molecule has 5 N–H and O–H groups in total. The van der Waals surface area contributed by atoms with E-state index in [4.69, 9.17) is 12.2 Å². The van der Waals surface area contributed by atoms with Crippen molar-refractivity contribution in [3.05, 3.63) is 23.8 Å². The zero-order chi connectivity index (χ0) is 13.2. The Hall–Kier alpha value is -1.79. The predicted molar refractivity (Wildman–Crippen MR) is 54.7 cm³/mol. The van der Waals surface area contributed by atoms with Crippen LogP contribution in [-0.2, 0) is 9.53 Å². The smallest absolute Gasteiger partial charge is 0.325 e. The van der Waals surface area contributed by atoms with E-state index in [2.05, 4.69) is 4.74 Å². The fraction of sp³-hybridized carbons (Fsp3) is 0.300. The van der Waals surface area contributed by atoms with Crippen LogP contribution in [0.15, 0.2) is 18.2 Å². The highest BCUT2D eigenvalue weighted by Crippen LogP contribution is 2.28. The number of hydrogen-bond acceptors (Lipinski definition) is 6. The van der Waals surface area contributed by atoms with Crippen LogP contribution >= 0.6 is 0 Å². The molecular formula is C10H13NO5. The standard InChI is InChI=1S/C10H13NO5/c1-16-10(15)8(11)9(14)5-2-3-6(12)7(13)4-5/h2-4,8-9,12-14H,11H2,1H3/i9D. The number of carbonyl (C=O) groups excluding carboxylic acids is 1. The summed E-state index contributed by atoms with van der Waals surface area (Å²) in [5.74, 6) is -1.89. The number of hydrogen-bond donors (Lipinski definition) is 4. The van der Waals surface area contributed by atoms with Crippen molar-refractivity contribution in [1.29, 1.82) is 0 Å². The van der Waals surface area contributed by atoms with Gasteiger partial charge in [0, 0.05) is 0 Å². The molecule has 1 rings (SSSR count). The molecule has 0 radical (unpaired) electrons. The first-order chi connectivity index (χ1) is 7.80. The Bertz CT molecular complexity index is 435. The van der Waals surface area contributed by atoms with Crippen molar-refractivity contribution in [2.24, 2.45) is 5.73 Å². The minimum absolute atomic E-state index is 0.134. The van der Waals surface area contributed by atoms with Gasteiger partial charge in [-0.2, -0.15) is 0 Å².